The van der Waals surface area contributed by atoms with E-state index in [4.69, 9.17) is 21.1 Å². The highest BCUT2D eigenvalue weighted by atomic mass is 35.5. The summed E-state index contributed by atoms with van der Waals surface area (Å²) in [5.74, 6) is 0.996. The summed E-state index contributed by atoms with van der Waals surface area (Å²) in [5, 5.41) is 9.93. The average molecular weight is 442 g/mol. The second-order valence-electron chi connectivity index (χ2n) is 9.11. The van der Waals surface area contributed by atoms with Gasteiger partial charge < -0.3 is 19.3 Å². The molecule has 1 aromatic heterocycles. The van der Waals surface area contributed by atoms with Crippen LogP contribution in [-0.2, 0) is 22.3 Å². The van der Waals surface area contributed by atoms with Gasteiger partial charge in [0.25, 0.3) is 5.79 Å². The van der Waals surface area contributed by atoms with E-state index in [0.717, 1.165) is 36.1 Å². The van der Waals surface area contributed by atoms with Crippen LogP contribution >= 0.6 is 11.6 Å². The molecule has 6 rings (SSSR count). The molecule has 0 radical (unpaired) electrons. The number of rotatable bonds is 2. The average Bonchev–Trinajstić information content (AvgIpc) is 3.39. The lowest BCUT2D eigenvalue weighted by molar-refractivity contribution is -0.139. The predicted octanol–water partition coefficient (Wildman–Crippen LogP) is 3.69. The van der Waals surface area contributed by atoms with Gasteiger partial charge in [-0.1, -0.05) is 18.0 Å². The number of anilines is 1. The first-order valence-corrected chi connectivity index (χ1v) is 11.8. The molecule has 4 aliphatic heterocycles. The van der Waals surface area contributed by atoms with E-state index in [0.29, 0.717) is 23.9 Å². The number of hydrogen-bond acceptors (Lipinski definition) is 6. The monoisotopic (exact) mass is 441 g/mol. The van der Waals surface area contributed by atoms with Gasteiger partial charge in [0.15, 0.2) is 0 Å². The van der Waals surface area contributed by atoms with Gasteiger partial charge in [-0.05, 0) is 62.5 Å². The molecule has 0 amide bonds. The van der Waals surface area contributed by atoms with Crippen LogP contribution in [0.3, 0.4) is 0 Å². The summed E-state index contributed by atoms with van der Waals surface area (Å²) in [5.41, 5.74) is 2.15. The van der Waals surface area contributed by atoms with Crippen molar-refractivity contribution in [1.29, 1.82) is 0 Å². The molecule has 5 heterocycles. The Kier molecular flexibility index (Phi) is 4.83. The molecular formula is C23H28ClN5O2. The fourth-order valence-corrected chi connectivity index (χ4v) is 5.79. The highest BCUT2D eigenvalue weighted by Crippen LogP contribution is 2.38. The van der Waals surface area contributed by atoms with Crippen molar-refractivity contribution >= 4 is 17.5 Å². The zero-order chi connectivity index (χ0) is 20.8. The van der Waals surface area contributed by atoms with Crippen LogP contribution in [0.5, 0.6) is 0 Å². The molecular weight excluding hydrogens is 414 g/mol. The van der Waals surface area contributed by atoms with Crippen molar-refractivity contribution < 1.29 is 9.47 Å². The summed E-state index contributed by atoms with van der Waals surface area (Å²) in [6.45, 7) is 4.52. The molecule has 8 heteroatoms. The molecule has 2 aromatic rings. The smallest absolute Gasteiger partial charge is 0.260 e. The molecule has 4 aliphatic rings. The highest BCUT2D eigenvalue weighted by molar-refractivity contribution is 6.30. The van der Waals surface area contributed by atoms with Gasteiger partial charge >= 0.3 is 0 Å². The minimum atomic E-state index is -0.779. The van der Waals surface area contributed by atoms with Crippen LogP contribution in [0.15, 0.2) is 30.7 Å². The Hall–Kier alpha value is -2.25. The minimum Gasteiger partial charge on any atom is -0.456 e. The van der Waals surface area contributed by atoms with E-state index in [1.807, 2.05) is 12.1 Å². The zero-order valence-corrected chi connectivity index (χ0v) is 18.4. The number of piperidine rings is 2. The number of likely N-dealkylation sites (tertiary alicyclic amines) is 1. The number of ether oxygens (including phenoxy) is 2. The van der Waals surface area contributed by atoms with Crippen LogP contribution in [0.4, 0.5) is 5.95 Å². The molecule has 0 atom stereocenters. The molecule has 164 valence electrons. The maximum atomic E-state index is 6.35. The Balaban J connectivity index is 1.31. The second kappa shape index (κ2) is 7.71. The quantitative estimate of drug-likeness (QED) is 0.708. The van der Waals surface area contributed by atoms with Crippen LogP contribution < -0.4 is 4.90 Å². The molecule has 2 saturated heterocycles. The van der Waals surface area contributed by atoms with Gasteiger partial charge in [-0.15, -0.1) is 10.2 Å². The Morgan fingerprint density at radius 2 is 1.71 bits per heavy atom. The van der Waals surface area contributed by atoms with E-state index in [9.17, 15) is 0 Å². The Bertz CT molecular complexity index is 984. The summed E-state index contributed by atoms with van der Waals surface area (Å²) in [7, 11) is 0. The molecule has 0 N–H and O–H groups in total. The third kappa shape index (κ3) is 3.48. The largest absolute Gasteiger partial charge is 0.456 e. The van der Waals surface area contributed by atoms with Crippen LogP contribution in [0, 0.1) is 0 Å². The third-order valence-corrected chi connectivity index (χ3v) is 7.39. The molecule has 0 bridgehead atoms. The maximum absolute atomic E-state index is 6.35. The van der Waals surface area contributed by atoms with Gasteiger partial charge in [-0.3, -0.25) is 4.57 Å². The summed E-state index contributed by atoms with van der Waals surface area (Å²) < 4.78 is 14.0. The third-order valence-electron chi connectivity index (χ3n) is 7.16. The topological polar surface area (TPSA) is 55.7 Å². The zero-order valence-electron chi connectivity index (χ0n) is 17.7. The number of nitrogens with zero attached hydrogens (tertiary/aromatic N) is 5. The van der Waals surface area contributed by atoms with Gasteiger partial charge in [0.05, 0.1) is 18.5 Å². The summed E-state index contributed by atoms with van der Waals surface area (Å²) in [4.78, 5) is 5.09. The molecule has 31 heavy (non-hydrogen) atoms. The van der Waals surface area contributed by atoms with E-state index in [2.05, 4.69) is 30.6 Å². The maximum Gasteiger partial charge on any atom is 0.260 e. The van der Waals surface area contributed by atoms with Gasteiger partial charge in [0.1, 0.15) is 18.3 Å². The summed E-state index contributed by atoms with van der Waals surface area (Å²) >= 11 is 6.35. The van der Waals surface area contributed by atoms with Crippen molar-refractivity contribution in [2.75, 3.05) is 31.1 Å². The molecule has 0 aliphatic carbocycles. The first-order chi connectivity index (χ1) is 15.2. The van der Waals surface area contributed by atoms with Gasteiger partial charge in [-0.25, -0.2) is 0 Å². The van der Waals surface area contributed by atoms with Crippen molar-refractivity contribution in [3.8, 4) is 5.69 Å². The van der Waals surface area contributed by atoms with Crippen LogP contribution in [0.2, 0.25) is 5.02 Å². The number of benzene rings is 1. The number of hydrogen-bond donors (Lipinski definition) is 0. The first-order valence-electron chi connectivity index (χ1n) is 11.4. The minimum absolute atomic E-state index is 0.531. The van der Waals surface area contributed by atoms with Crippen molar-refractivity contribution in [3.63, 3.8) is 0 Å². The first kappa shape index (κ1) is 19.4. The highest BCUT2D eigenvalue weighted by Gasteiger charge is 2.42. The van der Waals surface area contributed by atoms with Crippen LogP contribution in [0.25, 0.3) is 5.69 Å². The summed E-state index contributed by atoms with van der Waals surface area (Å²) in [6.07, 6.45) is 10.8. The molecule has 0 unspecified atom stereocenters. The number of halogens is 1. The Labute approximate surface area is 187 Å². The molecule has 7 nitrogen and oxygen atoms in total. The van der Waals surface area contributed by atoms with Crippen molar-refractivity contribution in [2.45, 2.75) is 56.8 Å². The van der Waals surface area contributed by atoms with E-state index >= 15 is 0 Å². The molecule has 0 saturated carbocycles. The lowest BCUT2D eigenvalue weighted by Gasteiger charge is -2.40. The normalized spacial score (nSPS) is 23.2. The van der Waals surface area contributed by atoms with Gasteiger partial charge in [0.2, 0.25) is 5.95 Å². The van der Waals surface area contributed by atoms with E-state index in [1.54, 1.807) is 12.5 Å². The standard InChI is InChI=1S/C23H28ClN5O2/c24-18-4-5-20-17(14-18)15-23(30-12-13-31-23)16-21-25-26-22(29(20)21)28-10-6-19(7-11-28)27-8-2-1-3-9-27/h4-5,12-14,19H,1-3,6-11,15-16H2. The summed E-state index contributed by atoms with van der Waals surface area (Å²) in [6, 6.07) is 6.70. The van der Waals surface area contributed by atoms with E-state index < -0.39 is 5.79 Å². The fraction of sp³-hybridized carbons (Fsp3) is 0.565. The van der Waals surface area contributed by atoms with Crippen molar-refractivity contribution in [3.05, 3.63) is 47.1 Å². The SMILES string of the molecule is Clc1ccc2c(c1)CC1(Cc3nnc(N4CCC(N5CCCCC5)CC4)n3-2)OC=CO1. The Morgan fingerprint density at radius 1 is 0.935 bits per heavy atom. The number of aromatic nitrogens is 3. The lowest BCUT2D eigenvalue weighted by atomic mass is 10.00. The van der Waals surface area contributed by atoms with Crippen LogP contribution in [0.1, 0.15) is 43.5 Å². The van der Waals surface area contributed by atoms with Crippen molar-refractivity contribution in [1.82, 2.24) is 19.7 Å². The predicted molar refractivity (Wildman–Crippen MR) is 118 cm³/mol. The van der Waals surface area contributed by atoms with E-state index in [1.165, 1.54) is 45.2 Å². The molecule has 2 fully saturated rings. The Morgan fingerprint density at radius 3 is 2.48 bits per heavy atom. The fourth-order valence-electron chi connectivity index (χ4n) is 5.59. The number of fused-ring (bicyclic) bond motifs is 3. The van der Waals surface area contributed by atoms with Gasteiger partial charge in [0, 0.05) is 24.2 Å². The lowest BCUT2D eigenvalue weighted by Crippen LogP contribution is -2.47. The van der Waals surface area contributed by atoms with E-state index in [-0.39, 0.29) is 0 Å². The van der Waals surface area contributed by atoms with Crippen LogP contribution in [-0.4, -0.2) is 57.7 Å². The van der Waals surface area contributed by atoms with Crippen molar-refractivity contribution in [2.24, 2.45) is 0 Å². The molecule has 1 spiro atoms. The second-order valence-corrected chi connectivity index (χ2v) is 9.55. The molecule has 1 aromatic carbocycles. The van der Waals surface area contributed by atoms with Gasteiger partial charge in [-0.2, -0.15) is 0 Å².